The molecule has 0 aliphatic carbocycles. The summed E-state index contributed by atoms with van der Waals surface area (Å²) in [6.45, 7) is 15.0. The molecule has 0 N–H and O–H groups in total. The lowest BCUT2D eigenvalue weighted by atomic mass is 10.2. The SMILES string of the molecule is C[Si]1(CCCOc2ccc(N(CC3CO3)CC3CO3)cc2)O[Si]2(c3ccccc3)O[Si]3(c4ccccc4)O[Si]4(c5ccccc5)O[Si](C)(CCCOc5ccc(N(CC6CO6)CC6CO6)cc5)O[Si]5(c6ccccc6)O[Si](c6ccccc6)(O[Si](c6ccccc6)(O1)O[Si](c1ccccc1)(O5)O[Si](c1ccccc1)(O2)O4)O3.c1cc(N(CC2CO2)CC2CO2)ccc1OC1CO1. The van der Waals surface area contributed by atoms with E-state index in [9.17, 15) is 0 Å². The molecule has 13 aliphatic heterocycles. The second-order valence-corrected chi connectivity index (χ2v) is 65.3. The second-order valence-electron chi connectivity index (χ2n) is 34.8. The van der Waals surface area contributed by atoms with Crippen molar-refractivity contribution in [3.63, 3.8) is 0 Å². The van der Waals surface area contributed by atoms with Crippen molar-refractivity contribution in [3.05, 3.63) is 315 Å². The molecule has 37 heteroatoms. The van der Waals surface area contributed by atoms with Gasteiger partial charge in [0.2, 0.25) is 6.29 Å². The van der Waals surface area contributed by atoms with E-state index in [1.165, 1.54) is 5.69 Å². The Labute approximate surface area is 772 Å². The first-order valence-corrected chi connectivity index (χ1v) is 64.0. The maximum Gasteiger partial charge on any atom is 0.515 e. The maximum absolute atomic E-state index is 8.79. The van der Waals surface area contributed by atoms with Gasteiger partial charge in [0, 0.05) is 97.8 Å². The molecule has 11 aromatic rings. The fourth-order valence-corrected chi connectivity index (χ4v) is 73.9. The van der Waals surface area contributed by atoms with E-state index in [2.05, 4.69) is 51.1 Å². The predicted octanol–water partition coefficient (Wildman–Crippen LogP) is 8.37. The van der Waals surface area contributed by atoms with Crippen LogP contribution < -0.4 is 70.4 Å². The monoisotopic (exact) mass is 1940 g/mol. The Hall–Kier alpha value is -8.45. The summed E-state index contributed by atoms with van der Waals surface area (Å²) < 4.78 is 179. The number of anilines is 3. The van der Waals surface area contributed by atoms with Crippen LogP contribution in [-0.2, 0) is 90.8 Å². The molecule has 24 rings (SSSR count). The lowest BCUT2D eigenvalue weighted by molar-refractivity contribution is 0.0250. The summed E-state index contributed by atoms with van der Waals surface area (Å²) in [4.78, 5) is 6.98. The summed E-state index contributed by atoms with van der Waals surface area (Å²) >= 11 is 0. The second kappa shape index (κ2) is 37.0. The van der Waals surface area contributed by atoms with Crippen LogP contribution in [0, 0.1) is 0 Å². The van der Waals surface area contributed by atoms with Gasteiger partial charge < -0.3 is 120 Å². The summed E-state index contributed by atoms with van der Waals surface area (Å²) in [5, 5.41) is 4.05. The molecule has 7 atom stereocenters. The van der Waals surface area contributed by atoms with Crippen LogP contribution in [0.15, 0.2) is 315 Å². The summed E-state index contributed by atoms with van der Waals surface area (Å²) in [7, 11) is -50.6. The highest BCUT2D eigenvalue weighted by atomic mass is 28.6. The number of benzene rings is 11. The molecule has 13 aliphatic rings. The normalized spacial score (nSPS) is 32.4. The molecule has 27 nitrogen and oxygen atoms in total. The molecule has 0 radical (unpaired) electrons. The maximum atomic E-state index is 8.79. The van der Waals surface area contributed by atoms with Gasteiger partial charge in [-0.1, -0.05) is 243 Å². The summed E-state index contributed by atoms with van der Waals surface area (Å²) in [6.07, 6.45) is 2.32. The fraction of sp³-hybridized carbons (Fsp3) is 0.298. The van der Waals surface area contributed by atoms with Crippen LogP contribution in [0.3, 0.4) is 0 Å². The molecule has 13 heterocycles. The van der Waals surface area contributed by atoms with Gasteiger partial charge in [-0.25, -0.2) is 0 Å². The minimum absolute atomic E-state index is 0.0401. The van der Waals surface area contributed by atoms with Crippen molar-refractivity contribution >= 4 is 146 Å². The quantitative estimate of drug-likeness (QED) is 0.0205. The van der Waals surface area contributed by atoms with Gasteiger partial charge in [-0.15, -0.1) is 0 Å². The highest BCUT2D eigenvalue weighted by molar-refractivity contribution is 7.12. The molecule has 13 saturated heterocycles. The topological polar surface area (TPSA) is 254 Å². The molecule has 13 fully saturated rings. The molecular formula is C94H103N3O24Si10. The van der Waals surface area contributed by atoms with Crippen LogP contribution in [0.4, 0.5) is 17.1 Å². The number of nitrogens with zero attached hydrogens (tertiary/aromatic N) is 3. The van der Waals surface area contributed by atoms with Crippen molar-refractivity contribution in [2.24, 2.45) is 0 Å². The van der Waals surface area contributed by atoms with Crippen molar-refractivity contribution in [3.8, 4) is 17.2 Å². The number of hydrogen-bond acceptors (Lipinski definition) is 27. The molecule has 7 unspecified atom stereocenters. The van der Waals surface area contributed by atoms with E-state index in [0.29, 0.717) is 84.6 Å². The Morgan fingerprint density at radius 1 is 0.229 bits per heavy atom. The van der Waals surface area contributed by atoms with Crippen molar-refractivity contribution < 1.29 is 105 Å². The third kappa shape index (κ3) is 20.0. The van der Waals surface area contributed by atoms with Crippen LogP contribution >= 0.6 is 0 Å². The van der Waals surface area contributed by atoms with Crippen LogP contribution in [0.2, 0.25) is 25.2 Å². The molecule has 131 heavy (non-hydrogen) atoms. The van der Waals surface area contributed by atoms with E-state index >= 15 is 0 Å². The first-order valence-electron chi connectivity index (χ1n) is 45.1. The predicted molar refractivity (Wildman–Crippen MR) is 508 cm³/mol. The lowest BCUT2D eigenvalue weighted by Crippen LogP contribution is -2.93. The standard InChI is InChI=1S/C80H86N2O20Si10.C14H17NO4/c1-103(55-27-53-83-67-49-45-65(46-50-67)81(57-69-61-85-69)58-70-62-86-70)89-105(73-29-11-3-12-30-73)93-109(77-37-19-7-20-38-77)97-107(75-33-15-5-16-34-75)91-104(2,56-28-54-84-68-51-47-66(48-52-68)82(59-71-63-87-71)60-72-64-88-72)92-108(76-35-17-6-18-36-76)99-111(101-109,79-41-23-9-24-42-79)95-106(90-103,74-31-13-4-14-32-74)96-112(100-108,80-43-25-10-26-44-80)102-110(94-105,98-107)78-39-21-8-22-40-78;1-3-11(19-14-9-18-14)4-2-10(1)15(5-12-7-16-12)6-13-8-17-13/h3-26,29-52,69-72H,27-28,53-64H2,1-2H3;1-4,12-14H,5-9H2. The Morgan fingerprint density at radius 3 is 0.595 bits per heavy atom. The number of epoxide rings is 7. The molecule has 678 valence electrons. The minimum Gasteiger partial charge on any atom is -0.494 e. The van der Waals surface area contributed by atoms with Gasteiger partial charge in [0.05, 0.1) is 89.5 Å². The minimum atomic E-state index is -5.33. The Morgan fingerprint density at radius 2 is 0.412 bits per heavy atom. The average Bonchev–Trinajstić information content (AvgIpc) is 1.56. The summed E-state index contributed by atoms with van der Waals surface area (Å²) in [5.74, 6) is 2.24. The third-order valence-corrected chi connectivity index (χ3v) is 67.9. The molecule has 0 aromatic heterocycles. The average molecular weight is 1940 g/mol. The van der Waals surface area contributed by atoms with E-state index in [0.717, 1.165) is 96.0 Å². The zero-order chi connectivity index (χ0) is 88.0. The largest absolute Gasteiger partial charge is 0.515 e. The van der Waals surface area contributed by atoms with Crippen LogP contribution in [-0.4, -0.2) is 229 Å². The van der Waals surface area contributed by atoms with E-state index in [1.54, 1.807) is 0 Å². The Kier molecular flexibility index (Phi) is 24.8. The van der Waals surface area contributed by atoms with E-state index in [1.807, 2.05) is 292 Å². The van der Waals surface area contributed by atoms with Gasteiger partial charge >= 0.3 is 87.6 Å². The Balaban J connectivity index is 0.000000465. The zero-order valence-electron chi connectivity index (χ0n) is 72.6. The van der Waals surface area contributed by atoms with Gasteiger partial charge in [-0.05, 0) is 111 Å². The van der Waals surface area contributed by atoms with E-state index in [4.69, 9.17) is 105 Å². The van der Waals surface area contributed by atoms with Crippen LogP contribution in [0.5, 0.6) is 17.2 Å². The highest BCUT2D eigenvalue weighted by Gasteiger charge is 2.84. The number of ether oxygens (including phenoxy) is 10. The van der Waals surface area contributed by atoms with Crippen molar-refractivity contribution in [2.75, 3.05) is 113 Å². The van der Waals surface area contributed by atoms with Crippen LogP contribution in [0.25, 0.3) is 0 Å². The van der Waals surface area contributed by atoms with Gasteiger partial charge in [0.1, 0.15) is 23.9 Å². The highest BCUT2D eigenvalue weighted by Crippen LogP contribution is 2.49. The molecule has 8 bridgehead atoms. The van der Waals surface area contributed by atoms with Crippen molar-refractivity contribution in [1.29, 1.82) is 0 Å². The number of rotatable bonds is 35. The molecule has 0 amide bonds. The summed E-state index contributed by atoms with van der Waals surface area (Å²) in [6, 6.07) is 103. The van der Waals surface area contributed by atoms with Gasteiger partial charge in [-0.2, -0.15) is 0 Å². The molecule has 0 spiro atoms. The third-order valence-electron chi connectivity index (χ3n) is 24.3. The lowest BCUT2D eigenvalue weighted by Gasteiger charge is -2.61. The number of hydrogen-bond donors (Lipinski definition) is 0. The first kappa shape index (κ1) is 87.9. The van der Waals surface area contributed by atoms with Gasteiger partial charge in [-0.3, -0.25) is 0 Å². The molecule has 11 aromatic carbocycles. The van der Waals surface area contributed by atoms with E-state index in [-0.39, 0.29) is 56.0 Å². The first-order chi connectivity index (χ1) is 64.1. The van der Waals surface area contributed by atoms with Crippen LogP contribution in [0.1, 0.15) is 12.8 Å². The Bertz CT molecular complexity index is 5080. The molecular weight excluding hydrogens is 1840 g/mol. The number of fused-ring (bicyclic) bond motifs is 4. The van der Waals surface area contributed by atoms with Gasteiger partial charge in [0.15, 0.2) is 0 Å². The molecule has 0 saturated carbocycles. The van der Waals surface area contributed by atoms with E-state index < -0.39 is 87.6 Å². The smallest absolute Gasteiger partial charge is 0.494 e. The fourth-order valence-electron chi connectivity index (χ4n) is 17.2. The van der Waals surface area contributed by atoms with Gasteiger partial charge in [0.25, 0.3) is 0 Å². The van der Waals surface area contributed by atoms with Crippen molar-refractivity contribution in [2.45, 2.75) is 80.9 Å². The summed E-state index contributed by atoms with van der Waals surface area (Å²) in [5.41, 5.74) is 3.31. The zero-order valence-corrected chi connectivity index (χ0v) is 82.6. The van der Waals surface area contributed by atoms with Crippen molar-refractivity contribution in [1.82, 2.24) is 0 Å².